The molecule has 1 aromatic heterocycles. The van der Waals surface area contributed by atoms with E-state index in [1.165, 1.54) is 11.1 Å². The number of aliphatic imine (C=N–C) groups is 1. The van der Waals surface area contributed by atoms with Gasteiger partial charge >= 0.3 is 0 Å². The van der Waals surface area contributed by atoms with E-state index in [-0.39, 0.29) is 6.04 Å². The molecule has 1 atom stereocenters. The first-order valence-corrected chi connectivity index (χ1v) is 8.33. The molecule has 0 saturated heterocycles. The number of hydrogen-bond acceptors (Lipinski definition) is 4. The number of nitrogens with zero attached hydrogens (tertiary/aromatic N) is 2. The minimum atomic E-state index is 0.0361. The van der Waals surface area contributed by atoms with E-state index in [1.807, 2.05) is 18.2 Å². The summed E-state index contributed by atoms with van der Waals surface area (Å²) in [5.74, 6) is 1.27. The minimum absolute atomic E-state index is 0.0361. The third-order valence-corrected chi connectivity index (χ3v) is 4.07. The number of fused-ring (bicyclic) bond motifs is 1. The van der Waals surface area contributed by atoms with Crippen molar-refractivity contribution in [1.29, 1.82) is 0 Å². The number of nitrogens with one attached hydrogen (secondary N) is 1. The highest BCUT2D eigenvalue weighted by molar-refractivity contribution is 6.00. The van der Waals surface area contributed by atoms with Crippen LogP contribution in [0.5, 0.6) is 5.88 Å². The molecular formula is C19H23N3O2. The zero-order valence-electron chi connectivity index (χ0n) is 14.1. The lowest BCUT2D eigenvalue weighted by atomic mass is 10.1. The van der Waals surface area contributed by atoms with Crippen molar-refractivity contribution in [3.05, 3.63) is 59.3 Å². The first-order valence-electron chi connectivity index (χ1n) is 8.33. The largest absolute Gasteiger partial charge is 0.477 e. The van der Waals surface area contributed by atoms with Crippen molar-refractivity contribution in [1.82, 2.24) is 10.5 Å². The monoisotopic (exact) mass is 325 g/mol. The highest BCUT2D eigenvalue weighted by Crippen LogP contribution is 2.34. The lowest BCUT2D eigenvalue weighted by molar-refractivity contribution is 0.232. The van der Waals surface area contributed by atoms with Crippen molar-refractivity contribution in [3.63, 3.8) is 0 Å². The summed E-state index contributed by atoms with van der Waals surface area (Å²) in [5, 5.41) is 9.63. The van der Waals surface area contributed by atoms with Gasteiger partial charge in [-0.1, -0.05) is 38.1 Å². The summed E-state index contributed by atoms with van der Waals surface area (Å²) in [4.78, 5) is 9.01. The Morgan fingerprint density at radius 2 is 2.17 bits per heavy atom. The molecule has 2 aromatic rings. The zero-order valence-corrected chi connectivity index (χ0v) is 14.1. The molecule has 1 unspecified atom stereocenters. The van der Waals surface area contributed by atoms with Gasteiger partial charge in [0.15, 0.2) is 5.84 Å². The van der Waals surface area contributed by atoms with Crippen LogP contribution in [0.15, 0.2) is 47.6 Å². The minimum Gasteiger partial charge on any atom is -0.477 e. The highest BCUT2D eigenvalue weighted by Gasteiger charge is 2.23. The van der Waals surface area contributed by atoms with Crippen LogP contribution in [0.1, 0.15) is 43.0 Å². The smallest absolute Gasteiger partial charge is 0.224 e. The van der Waals surface area contributed by atoms with Crippen LogP contribution < -0.4 is 10.2 Å². The van der Waals surface area contributed by atoms with Crippen molar-refractivity contribution in [2.45, 2.75) is 32.7 Å². The number of benzene rings is 1. The van der Waals surface area contributed by atoms with Gasteiger partial charge in [0.25, 0.3) is 0 Å². The van der Waals surface area contributed by atoms with Crippen LogP contribution in [-0.4, -0.2) is 22.6 Å². The Bertz CT molecular complexity index is 728. The van der Waals surface area contributed by atoms with Crippen molar-refractivity contribution in [3.8, 4) is 5.88 Å². The molecule has 0 saturated carbocycles. The summed E-state index contributed by atoms with van der Waals surface area (Å²) < 4.78 is 5.77. The van der Waals surface area contributed by atoms with Crippen LogP contribution >= 0.6 is 0 Å². The second kappa shape index (κ2) is 7.45. The van der Waals surface area contributed by atoms with Crippen LogP contribution in [0.25, 0.3) is 0 Å². The third kappa shape index (κ3) is 3.57. The molecule has 0 amide bonds. The number of aryl methyl sites for hydroxylation is 1. The van der Waals surface area contributed by atoms with Crippen LogP contribution in [0.4, 0.5) is 0 Å². The maximum Gasteiger partial charge on any atom is 0.224 e. The number of ether oxygens (including phenoxy) is 1. The number of rotatable bonds is 5. The first-order chi connectivity index (χ1) is 11.7. The van der Waals surface area contributed by atoms with Gasteiger partial charge in [-0.3, -0.25) is 15.7 Å². The molecule has 1 aliphatic rings. The number of aromatic nitrogens is 1. The molecule has 5 nitrogen and oxygen atoms in total. The van der Waals surface area contributed by atoms with Gasteiger partial charge in [0, 0.05) is 6.20 Å². The van der Waals surface area contributed by atoms with Crippen LogP contribution in [0, 0.1) is 5.92 Å². The van der Waals surface area contributed by atoms with Crippen LogP contribution in [0.3, 0.4) is 0 Å². The number of pyridine rings is 1. The second-order valence-electron chi connectivity index (χ2n) is 6.40. The van der Waals surface area contributed by atoms with Crippen LogP contribution in [0.2, 0.25) is 0 Å². The van der Waals surface area contributed by atoms with E-state index in [0.717, 1.165) is 12.8 Å². The van der Waals surface area contributed by atoms with E-state index < -0.39 is 0 Å². The van der Waals surface area contributed by atoms with Gasteiger partial charge in [0.2, 0.25) is 5.88 Å². The van der Waals surface area contributed by atoms with Gasteiger partial charge in [-0.25, -0.2) is 4.98 Å². The summed E-state index contributed by atoms with van der Waals surface area (Å²) in [6.45, 7) is 4.73. The lowest BCUT2D eigenvalue weighted by Gasteiger charge is -2.14. The van der Waals surface area contributed by atoms with E-state index in [1.54, 1.807) is 6.20 Å². The number of amidine groups is 1. The zero-order chi connectivity index (χ0) is 16.9. The molecule has 0 radical (unpaired) electrons. The third-order valence-electron chi connectivity index (χ3n) is 4.07. The van der Waals surface area contributed by atoms with Crippen molar-refractivity contribution >= 4 is 5.84 Å². The van der Waals surface area contributed by atoms with E-state index in [4.69, 9.17) is 9.73 Å². The fourth-order valence-corrected chi connectivity index (χ4v) is 2.91. The molecule has 0 bridgehead atoms. The predicted octanol–water partition coefficient (Wildman–Crippen LogP) is 3.53. The summed E-state index contributed by atoms with van der Waals surface area (Å²) in [6.07, 6.45) is 3.62. The molecule has 0 spiro atoms. The fraction of sp³-hybridized carbons (Fsp3) is 0.368. The van der Waals surface area contributed by atoms with E-state index in [9.17, 15) is 5.21 Å². The molecule has 1 aromatic carbocycles. The van der Waals surface area contributed by atoms with Gasteiger partial charge in [-0.05, 0) is 42.0 Å². The van der Waals surface area contributed by atoms with Crippen molar-refractivity contribution in [2.24, 2.45) is 10.9 Å². The summed E-state index contributed by atoms with van der Waals surface area (Å²) in [7, 11) is 0. The molecular weight excluding hydrogens is 302 g/mol. The van der Waals surface area contributed by atoms with E-state index >= 15 is 0 Å². The van der Waals surface area contributed by atoms with Crippen LogP contribution in [-0.2, 0) is 6.42 Å². The normalized spacial score (nSPS) is 17.0. The maximum atomic E-state index is 9.63. The molecule has 1 aliphatic carbocycles. The molecule has 126 valence electrons. The average molecular weight is 325 g/mol. The number of hydrogen-bond donors (Lipinski definition) is 2. The Kier molecular flexibility index (Phi) is 5.11. The molecule has 0 aliphatic heterocycles. The van der Waals surface area contributed by atoms with E-state index in [2.05, 4.69) is 42.5 Å². The second-order valence-corrected chi connectivity index (χ2v) is 6.40. The summed E-state index contributed by atoms with van der Waals surface area (Å²) in [6, 6.07) is 12.0. The van der Waals surface area contributed by atoms with Gasteiger partial charge in [-0.2, -0.15) is 0 Å². The molecule has 5 heteroatoms. The van der Waals surface area contributed by atoms with Crippen molar-refractivity contribution < 1.29 is 9.94 Å². The average Bonchev–Trinajstić information content (AvgIpc) is 3.01. The first kappa shape index (κ1) is 16.5. The van der Waals surface area contributed by atoms with Gasteiger partial charge < -0.3 is 4.74 Å². The molecule has 3 rings (SSSR count). The number of hydroxylamine groups is 1. The predicted molar refractivity (Wildman–Crippen MR) is 93.5 cm³/mol. The highest BCUT2D eigenvalue weighted by atomic mass is 16.5. The molecule has 1 heterocycles. The summed E-state index contributed by atoms with van der Waals surface area (Å²) in [5.41, 5.74) is 5.45. The molecule has 2 N–H and O–H groups in total. The Balaban J connectivity index is 1.90. The Morgan fingerprint density at radius 1 is 1.33 bits per heavy atom. The Labute approximate surface area is 142 Å². The maximum absolute atomic E-state index is 9.63. The molecule has 24 heavy (non-hydrogen) atoms. The SMILES string of the molecule is CC(C)COc1ncccc1C(=NC1CCc2ccccc21)NO. The van der Waals surface area contributed by atoms with Gasteiger partial charge in [-0.15, -0.1) is 0 Å². The van der Waals surface area contributed by atoms with E-state index in [0.29, 0.717) is 29.8 Å². The topological polar surface area (TPSA) is 66.7 Å². The van der Waals surface area contributed by atoms with Gasteiger partial charge in [0.1, 0.15) is 0 Å². The Morgan fingerprint density at radius 3 is 2.96 bits per heavy atom. The lowest BCUT2D eigenvalue weighted by Crippen LogP contribution is -2.23. The van der Waals surface area contributed by atoms with Gasteiger partial charge in [0.05, 0.1) is 18.2 Å². The molecule has 0 fully saturated rings. The fourth-order valence-electron chi connectivity index (χ4n) is 2.91. The quantitative estimate of drug-likeness (QED) is 0.501. The van der Waals surface area contributed by atoms with Crippen molar-refractivity contribution in [2.75, 3.05) is 6.61 Å². The standard InChI is InChI=1S/C19H23N3O2/c1-13(2)12-24-19-16(8-5-11-20-19)18(22-23)21-17-10-9-14-6-3-4-7-15(14)17/h3-8,11,13,17,23H,9-10,12H2,1-2H3,(H,21,22). The summed E-state index contributed by atoms with van der Waals surface area (Å²) >= 11 is 0. The Hall–Kier alpha value is -2.40.